The van der Waals surface area contributed by atoms with Crippen molar-refractivity contribution in [1.29, 1.82) is 0 Å². The Labute approximate surface area is 113 Å². The van der Waals surface area contributed by atoms with E-state index >= 15 is 0 Å². The summed E-state index contributed by atoms with van der Waals surface area (Å²) in [6.45, 7) is 6.88. The van der Waals surface area contributed by atoms with Crippen LogP contribution in [-0.4, -0.2) is 17.6 Å². The summed E-state index contributed by atoms with van der Waals surface area (Å²) >= 11 is 1.60. The van der Waals surface area contributed by atoms with Gasteiger partial charge in [-0.05, 0) is 38.0 Å². The number of rotatable bonds is 3. The number of hydrogen-bond donors (Lipinski definition) is 0. The van der Waals surface area contributed by atoms with E-state index in [2.05, 4.69) is 18.8 Å². The van der Waals surface area contributed by atoms with Gasteiger partial charge in [-0.1, -0.05) is 13.8 Å². The van der Waals surface area contributed by atoms with Crippen molar-refractivity contribution in [2.45, 2.75) is 52.4 Å². The zero-order chi connectivity index (χ0) is 13.2. The summed E-state index contributed by atoms with van der Waals surface area (Å²) in [7, 11) is 0. The SMILES string of the molecule is CCOC(=O)c1csc(C2CCC(C)(C)CC2)n1. The van der Waals surface area contributed by atoms with Gasteiger partial charge < -0.3 is 4.74 Å². The molecule has 0 bridgehead atoms. The van der Waals surface area contributed by atoms with Gasteiger partial charge in [0.15, 0.2) is 5.69 Å². The van der Waals surface area contributed by atoms with Gasteiger partial charge in [0.25, 0.3) is 0 Å². The molecule has 0 atom stereocenters. The van der Waals surface area contributed by atoms with Crippen LogP contribution in [0.4, 0.5) is 0 Å². The highest BCUT2D eigenvalue weighted by Crippen LogP contribution is 2.42. The summed E-state index contributed by atoms with van der Waals surface area (Å²) < 4.78 is 4.97. The van der Waals surface area contributed by atoms with Crippen molar-refractivity contribution in [3.63, 3.8) is 0 Å². The van der Waals surface area contributed by atoms with Crippen LogP contribution in [0, 0.1) is 5.41 Å². The van der Waals surface area contributed by atoms with Crippen LogP contribution >= 0.6 is 11.3 Å². The number of hydrogen-bond acceptors (Lipinski definition) is 4. The Morgan fingerprint density at radius 3 is 2.78 bits per heavy atom. The fourth-order valence-corrected chi connectivity index (χ4v) is 3.38. The molecule has 0 radical (unpaired) electrons. The number of carbonyl (C=O) groups excluding carboxylic acids is 1. The van der Waals surface area contributed by atoms with Gasteiger partial charge in [-0.25, -0.2) is 9.78 Å². The van der Waals surface area contributed by atoms with Crippen LogP contribution in [-0.2, 0) is 4.74 Å². The normalized spacial score (nSPS) is 19.7. The predicted molar refractivity (Wildman–Crippen MR) is 73.1 cm³/mol. The molecular weight excluding hydrogens is 246 g/mol. The molecule has 0 aromatic carbocycles. The fourth-order valence-electron chi connectivity index (χ4n) is 2.42. The Morgan fingerprint density at radius 1 is 1.50 bits per heavy atom. The summed E-state index contributed by atoms with van der Waals surface area (Å²) in [5.41, 5.74) is 0.944. The summed E-state index contributed by atoms with van der Waals surface area (Å²) in [6.07, 6.45) is 4.85. The van der Waals surface area contributed by atoms with Crippen LogP contribution in [0.15, 0.2) is 5.38 Å². The van der Waals surface area contributed by atoms with Crippen molar-refractivity contribution >= 4 is 17.3 Å². The monoisotopic (exact) mass is 267 g/mol. The molecule has 4 heteroatoms. The Balaban J connectivity index is 2.00. The second-order valence-corrected chi connectivity index (χ2v) is 6.62. The van der Waals surface area contributed by atoms with E-state index in [0.717, 1.165) is 5.01 Å². The lowest BCUT2D eigenvalue weighted by Gasteiger charge is -2.33. The lowest BCUT2D eigenvalue weighted by atomic mass is 9.73. The summed E-state index contributed by atoms with van der Waals surface area (Å²) in [4.78, 5) is 16.0. The molecule has 0 unspecified atom stereocenters. The number of aromatic nitrogens is 1. The first-order chi connectivity index (χ1) is 8.52. The molecule has 0 amide bonds. The van der Waals surface area contributed by atoms with E-state index in [-0.39, 0.29) is 5.97 Å². The maximum atomic E-state index is 11.6. The molecule has 1 aliphatic rings. The van der Waals surface area contributed by atoms with Crippen LogP contribution in [0.2, 0.25) is 0 Å². The van der Waals surface area contributed by atoms with Gasteiger partial charge in [0.05, 0.1) is 11.6 Å². The van der Waals surface area contributed by atoms with Crippen molar-refractivity contribution < 1.29 is 9.53 Å². The van der Waals surface area contributed by atoms with Crippen LogP contribution in [0.1, 0.15) is 67.9 Å². The summed E-state index contributed by atoms with van der Waals surface area (Å²) in [5.74, 6) is 0.238. The molecule has 0 saturated heterocycles. The molecule has 3 nitrogen and oxygen atoms in total. The first kappa shape index (κ1) is 13.5. The van der Waals surface area contributed by atoms with Crippen LogP contribution in [0.5, 0.6) is 0 Å². The molecule has 2 rings (SSSR count). The molecule has 1 aromatic heterocycles. The number of carbonyl (C=O) groups is 1. The third-order valence-electron chi connectivity index (χ3n) is 3.69. The third-order valence-corrected chi connectivity index (χ3v) is 4.70. The predicted octanol–water partition coefficient (Wildman–Crippen LogP) is 4.00. The minimum absolute atomic E-state index is 0.295. The number of esters is 1. The molecule has 1 fully saturated rings. The Bertz CT molecular complexity index is 415. The molecule has 1 saturated carbocycles. The average molecular weight is 267 g/mol. The Hall–Kier alpha value is -0.900. The molecule has 0 N–H and O–H groups in total. The lowest BCUT2D eigenvalue weighted by Crippen LogP contribution is -2.20. The largest absolute Gasteiger partial charge is 0.461 e. The minimum Gasteiger partial charge on any atom is -0.461 e. The van der Waals surface area contributed by atoms with Crippen molar-refractivity contribution in [2.75, 3.05) is 6.61 Å². The first-order valence-electron chi connectivity index (χ1n) is 6.64. The van der Waals surface area contributed by atoms with Gasteiger partial charge in [0.1, 0.15) is 0 Å². The fraction of sp³-hybridized carbons (Fsp3) is 0.714. The molecule has 0 spiro atoms. The molecule has 1 aliphatic carbocycles. The molecule has 1 heterocycles. The third kappa shape index (κ3) is 3.10. The van der Waals surface area contributed by atoms with E-state index in [9.17, 15) is 4.79 Å². The van der Waals surface area contributed by atoms with Gasteiger partial charge in [-0.15, -0.1) is 11.3 Å². The highest BCUT2D eigenvalue weighted by atomic mass is 32.1. The number of nitrogens with zero attached hydrogens (tertiary/aromatic N) is 1. The zero-order valence-electron chi connectivity index (χ0n) is 11.4. The molecule has 100 valence electrons. The first-order valence-corrected chi connectivity index (χ1v) is 7.52. The quantitative estimate of drug-likeness (QED) is 0.777. The van der Waals surface area contributed by atoms with Gasteiger partial charge in [0.2, 0.25) is 0 Å². The molecular formula is C14H21NO2S. The molecule has 18 heavy (non-hydrogen) atoms. The smallest absolute Gasteiger partial charge is 0.357 e. The topological polar surface area (TPSA) is 39.2 Å². The zero-order valence-corrected chi connectivity index (χ0v) is 12.2. The van der Waals surface area contributed by atoms with Crippen LogP contribution in [0.3, 0.4) is 0 Å². The Morgan fingerprint density at radius 2 is 2.17 bits per heavy atom. The number of thiazole rings is 1. The standard InChI is InChI=1S/C14H21NO2S/c1-4-17-13(16)11-9-18-12(15-11)10-5-7-14(2,3)8-6-10/h9-10H,4-8H2,1-3H3. The Kier molecular flexibility index (Phi) is 4.05. The van der Waals surface area contributed by atoms with Crippen molar-refractivity contribution in [1.82, 2.24) is 4.98 Å². The van der Waals surface area contributed by atoms with Gasteiger partial charge in [0, 0.05) is 11.3 Å². The average Bonchev–Trinajstić information content (AvgIpc) is 2.79. The van der Waals surface area contributed by atoms with E-state index in [0.29, 0.717) is 23.6 Å². The molecule has 0 aliphatic heterocycles. The van der Waals surface area contributed by atoms with Crippen LogP contribution in [0.25, 0.3) is 0 Å². The summed E-state index contributed by atoms with van der Waals surface area (Å²) in [6, 6.07) is 0. The maximum Gasteiger partial charge on any atom is 0.357 e. The minimum atomic E-state index is -0.295. The van der Waals surface area contributed by atoms with Crippen molar-refractivity contribution in [2.24, 2.45) is 5.41 Å². The summed E-state index contributed by atoms with van der Waals surface area (Å²) in [5, 5.41) is 2.93. The highest BCUT2D eigenvalue weighted by Gasteiger charge is 2.29. The van der Waals surface area contributed by atoms with Gasteiger partial charge >= 0.3 is 5.97 Å². The highest BCUT2D eigenvalue weighted by molar-refractivity contribution is 7.09. The lowest BCUT2D eigenvalue weighted by molar-refractivity contribution is 0.0520. The maximum absolute atomic E-state index is 11.6. The van der Waals surface area contributed by atoms with Crippen molar-refractivity contribution in [3.05, 3.63) is 16.1 Å². The van der Waals surface area contributed by atoms with Crippen molar-refractivity contribution in [3.8, 4) is 0 Å². The van der Waals surface area contributed by atoms with Gasteiger partial charge in [-0.2, -0.15) is 0 Å². The number of ether oxygens (including phenoxy) is 1. The van der Waals surface area contributed by atoms with E-state index in [1.807, 2.05) is 12.3 Å². The van der Waals surface area contributed by atoms with E-state index in [1.54, 1.807) is 11.3 Å². The second kappa shape index (κ2) is 5.39. The van der Waals surface area contributed by atoms with E-state index in [4.69, 9.17) is 4.74 Å². The van der Waals surface area contributed by atoms with Crippen LogP contribution < -0.4 is 0 Å². The van der Waals surface area contributed by atoms with E-state index < -0.39 is 0 Å². The molecule has 1 aromatic rings. The van der Waals surface area contributed by atoms with Gasteiger partial charge in [-0.3, -0.25) is 0 Å². The van der Waals surface area contributed by atoms with E-state index in [1.165, 1.54) is 25.7 Å². The second-order valence-electron chi connectivity index (χ2n) is 5.73.